The number of nitrogens with one attached hydrogen (secondary N) is 1. The number of aromatic nitrogens is 3. The molecule has 122 valence electrons. The van der Waals surface area contributed by atoms with Crippen LogP contribution >= 0.6 is 0 Å². The van der Waals surface area contributed by atoms with Crippen molar-refractivity contribution in [1.29, 1.82) is 0 Å². The normalized spacial score (nSPS) is 17.8. The highest BCUT2D eigenvalue weighted by atomic mass is 16.6. The van der Waals surface area contributed by atoms with E-state index in [2.05, 4.69) is 27.8 Å². The van der Waals surface area contributed by atoms with Crippen LogP contribution in [0.15, 0.2) is 36.5 Å². The average Bonchev–Trinajstić information content (AvgIpc) is 3.09. The van der Waals surface area contributed by atoms with Crippen molar-refractivity contribution in [2.45, 2.75) is 19.1 Å². The molecule has 0 spiro atoms. The molecule has 0 radical (unpaired) electrons. The Morgan fingerprint density at radius 1 is 1.30 bits per heavy atom. The van der Waals surface area contributed by atoms with Gasteiger partial charge >= 0.3 is 0 Å². The molecule has 1 aliphatic heterocycles. The van der Waals surface area contributed by atoms with Crippen LogP contribution in [-0.2, 0) is 22.4 Å². The summed E-state index contributed by atoms with van der Waals surface area (Å²) in [6.07, 6.45) is 2.41. The third-order valence-corrected chi connectivity index (χ3v) is 3.62. The third kappa shape index (κ3) is 4.61. The molecule has 1 aliphatic rings. The van der Waals surface area contributed by atoms with E-state index in [4.69, 9.17) is 9.47 Å². The summed E-state index contributed by atoms with van der Waals surface area (Å²) in [6.45, 7) is 2.78. The Morgan fingerprint density at radius 3 is 2.96 bits per heavy atom. The van der Waals surface area contributed by atoms with Gasteiger partial charge in [0.15, 0.2) is 5.69 Å². The minimum absolute atomic E-state index is 0.0965. The van der Waals surface area contributed by atoms with Crippen molar-refractivity contribution in [2.24, 2.45) is 0 Å². The molecular weight excluding hydrogens is 296 g/mol. The molecule has 2 heterocycles. The van der Waals surface area contributed by atoms with Gasteiger partial charge in [-0.3, -0.25) is 9.48 Å². The lowest BCUT2D eigenvalue weighted by Gasteiger charge is -2.22. The van der Waals surface area contributed by atoms with Crippen molar-refractivity contribution in [3.63, 3.8) is 0 Å². The lowest BCUT2D eigenvalue weighted by Crippen LogP contribution is -2.39. The molecule has 1 atom stereocenters. The van der Waals surface area contributed by atoms with Gasteiger partial charge in [-0.1, -0.05) is 35.5 Å². The average molecular weight is 316 g/mol. The van der Waals surface area contributed by atoms with Gasteiger partial charge in [0.25, 0.3) is 5.91 Å². The fourth-order valence-corrected chi connectivity index (χ4v) is 2.35. The van der Waals surface area contributed by atoms with Crippen molar-refractivity contribution >= 4 is 5.91 Å². The highest BCUT2D eigenvalue weighted by molar-refractivity contribution is 5.91. The second kappa shape index (κ2) is 7.85. The third-order valence-electron chi connectivity index (χ3n) is 3.62. The summed E-state index contributed by atoms with van der Waals surface area (Å²) >= 11 is 0. The lowest BCUT2D eigenvalue weighted by atomic mass is 10.1. The van der Waals surface area contributed by atoms with E-state index in [0.717, 1.165) is 6.42 Å². The largest absolute Gasteiger partial charge is 0.376 e. The topological polar surface area (TPSA) is 78.3 Å². The fraction of sp³-hybridized carbons (Fsp3) is 0.438. The SMILES string of the molecule is O=C(NC[C@H]1COCCO1)c1cn(CCc2ccccc2)nn1. The first-order valence-corrected chi connectivity index (χ1v) is 7.73. The van der Waals surface area contributed by atoms with Gasteiger partial charge in [-0.2, -0.15) is 0 Å². The van der Waals surface area contributed by atoms with E-state index < -0.39 is 0 Å². The molecule has 1 aromatic carbocycles. The summed E-state index contributed by atoms with van der Waals surface area (Å²) in [7, 11) is 0. The molecule has 23 heavy (non-hydrogen) atoms. The number of ether oxygens (including phenoxy) is 2. The molecule has 1 amide bonds. The summed E-state index contributed by atoms with van der Waals surface area (Å²) in [6, 6.07) is 10.1. The second-order valence-electron chi connectivity index (χ2n) is 5.38. The summed E-state index contributed by atoms with van der Waals surface area (Å²) < 4.78 is 12.4. The van der Waals surface area contributed by atoms with Crippen LogP contribution in [-0.4, -0.2) is 53.4 Å². The van der Waals surface area contributed by atoms with Crippen molar-refractivity contribution in [3.05, 3.63) is 47.8 Å². The Bertz CT molecular complexity index is 623. The maximum Gasteiger partial charge on any atom is 0.273 e. The monoisotopic (exact) mass is 316 g/mol. The molecule has 2 aromatic rings. The number of carbonyl (C=O) groups excluding carboxylic acids is 1. The summed E-state index contributed by atoms with van der Waals surface area (Å²) in [5.74, 6) is -0.245. The summed E-state index contributed by atoms with van der Waals surface area (Å²) in [4.78, 5) is 12.1. The Balaban J connectivity index is 1.47. The van der Waals surface area contributed by atoms with Gasteiger partial charge in [0.1, 0.15) is 0 Å². The maximum atomic E-state index is 12.1. The molecule has 1 N–H and O–H groups in total. The highest BCUT2D eigenvalue weighted by Crippen LogP contribution is 2.03. The molecule has 1 aromatic heterocycles. The zero-order valence-electron chi connectivity index (χ0n) is 12.9. The van der Waals surface area contributed by atoms with Crippen LogP contribution in [0.25, 0.3) is 0 Å². The van der Waals surface area contributed by atoms with Crippen LogP contribution in [0.1, 0.15) is 16.1 Å². The standard InChI is InChI=1S/C16H20N4O3/c21-16(17-10-14-12-22-8-9-23-14)15-11-20(19-18-15)7-6-13-4-2-1-3-5-13/h1-5,11,14H,6-10,12H2,(H,17,21)/t14-/m0/s1. The first-order chi connectivity index (χ1) is 11.3. The van der Waals surface area contributed by atoms with E-state index in [9.17, 15) is 4.79 Å². The van der Waals surface area contributed by atoms with Crippen LogP contribution in [0.2, 0.25) is 0 Å². The molecule has 1 saturated heterocycles. The number of nitrogens with zero attached hydrogens (tertiary/aromatic N) is 3. The van der Waals surface area contributed by atoms with Crippen LogP contribution < -0.4 is 5.32 Å². The van der Waals surface area contributed by atoms with Crippen LogP contribution in [0.4, 0.5) is 0 Å². The van der Waals surface area contributed by atoms with E-state index in [1.165, 1.54) is 5.56 Å². The molecule has 0 unspecified atom stereocenters. The van der Waals surface area contributed by atoms with E-state index in [0.29, 0.717) is 38.6 Å². The van der Waals surface area contributed by atoms with Gasteiger partial charge in [0.05, 0.1) is 32.1 Å². The van der Waals surface area contributed by atoms with Crippen molar-refractivity contribution in [3.8, 4) is 0 Å². The van der Waals surface area contributed by atoms with Crippen LogP contribution in [0.3, 0.4) is 0 Å². The zero-order valence-corrected chi connectivity index (χ0v) is 12.9. The molecule has 1 fully saturated rings. The number of carbonyl (C=O) groups is 1. The van der Waals surface area contributed by atoms with Crippen LogP contribution in [0, 0.1) is 0 Å². The molecule has 0 bridgehead atoms. The Kier molecular flexibility index (Phi) is 5.33. The Labute approximate surface area is 134 Å². The van der Waals surface area contributed by atoms with E-state index in [-0.39, 0.29) is 12.0 Å². The minimum atomic E-state index is -0.245. The van der Waals surface area contributed by atoms with Gasteiger partial charge in [0.2, 0.25) is 0 Å². The molecular formula is C16H20N4O3. The van der Waals surface area contributed by atoms with Gasteiger partial charge < -0.3 is 14.8 Å². The fourth-order valence-electron chi connectivity index (χ4n) is 2.35. The van der Waals surface area contributed by atoms with E-state index in [1.807, 2.05) is 18.2 Å². The number of aryl methyl sites for hydroxylation is 2. The number of hydrogen-bond donors (Lipinski definition) is 1. The highest BCUT2D eigenvalue weighted by Gasteiger charge is 2.17. The smallest absolute Gasteiger partial charge is 0.273 e. The van der Waals surface area contributed by atoms with E-state index >= 15 is 0 Å². The minimum Gasteiger partial charge on any atom is -0.376 e. The summed E-state index contributed by atoms with van der Waals surface area (Å²) in [5.41, 5.74) is 1.54. The number of rotatable bonds is 6. The number of amides is 1. The summed E-state index contributed by atoms with van der Waals surface area (Å²) in [5, 5.41) is 10.7. The van der Waals surface area contributed by atoms with Gasteiger partial charge in [-0.15, -0.1) is 5.10 Å². The molecule has 7 nitrogen and oxygen atoms in total. The maximum absolute atomic E-state index is 12.1. The van der Waals surface area contributed by atoms with Crippen LogP contribution in [0.5, 0.6) is 0 Å². The first-order valence-electron chi connectivity index (χ1n) is 7.73. The molecule has 3 rings (SSSR count). The number of hydrogen-bond acceptors (Lipinski definition) is 5. The van der Waals surface area contributed by atoms with Gasteiger partial charge in [-0.25, -0.2) is 0 Å². The first kappa shape index (κ1) is 15.6. The van der Waals surface area contributed by atoms with Gasteiger partial charge in [0, 0.05) is 13.1 Å². The molecule has 0 saturated carbocycles. The molecule has 7 heteroatoms. The Hall–Kier alpha value is -2.25. The quantitative estimate of drug-likeness (QED) is 0.847. The Morgan fingerprint density at radius 2 is 2.17 bits per heavy atom. The molecule has 0 aliphatic carbocycles. The predicted octanol–water partition coefficient (Wildman–Crippen LogP) is 0.666. The van der Waals surface area contributed by atoms with Crippen molar-refractivity contribution < 1.29 is 14.3 Å². The van der Waals surface area contributed by atoms with E-state index in [1.54, 1.807) is 10.9 Å². The zero-order chi connectivity index (χ0) is 15.9. The van der Waals surface area contributed by atoms with Crippen molar-refractivity contribution in [2.75, 3.05) is 26.4 Å². The number of benzene rings is 1. The van der Waals surface area contributed by atoms with Gasteiger partial charge in [-0.05, 0) is 12.0 Å². The van der Waals surface area contributed by atoms with Crippen molar-refractivity contribution in [1.82, 2.24) is 20.3 Å². The predicted molar refractivity (Wildman–Crippen MR) is 83.1 cm³/mol. The second-order valence-corrected chi connectivity index (χ2v) is 5.38. The lowest BCUT2D eigenvalue weighted by molar-refractivity contribution is -0.0855.